The fraction of sp³-hybridized carbons (Fsp3) is 0.143. The van der Waals surface area contributed by atoms with Crippen molar-refractivity contribution in [3.8, 4) is 23.8 Å². The van der Waals surface area contributed by atoms with Gasteiger partial charge in [0.1, 0.15) is 12.3 Å². The largest absolute Gasteiger partial charge is 0.490 e. The van der Waals surface area contributed by atoms with E-state index in [2.05, 4.69) is 11.1 Å². The van der Waals surface area contributed by atoms with Gasteiger partial charge in [-0.2, -0.15) is 0 Å². The third-order valence-corrected chi connectivity index (χ3v) is 3.63. The quantitative estimate of drug-likeness (QED) is 0.456. The van der Waals surface area contributed by atoms with Gasteiger partial charge in [0.2, 0.25) is 0 Å². The fourth-order valence-electron chi connectivity index (χ4n) is 2.50. The Balaban J connectivity index is 1.95. The van der Waals surface area contributed by atoms with Gasteiger partial charge in [-0.15, -0.1) is 6.42 Å². The van der Waals surface area contributed by atoms with E-state index in [1.165, 1.54) is 0 Å². The Bertz CT molecular complexity index is 907. The molecule has 2 aromatic carbocycles. The van der Waals surface area contributed by atoms with Crippen LogP contribution >= 0.6 is 0 Å². The smallest absolute Gasteiger partial charge is 0.368 e. The first-order valence-electron chi connectivity index (χ1n) is 8.13. The maximum Gasteiger partial charge on any atom is 0.368 e. The molecule has 0 amide bonds. The van der Waals surface area contributed by atoms with Gasteiger partial charge in [0.15, 0.2) is 11.5 Å². The molecule has 1 aliphatic rings. The third-order valence-electron chi connectivity index (χ3n) is 3.63. The summed E-state index contributed by atoms with van der Waals surface area (Å²) in [6.07, 6.45) is 6.95. The van der Waals surface area contributed by atoms with Crippen LogP contribution in [0.2, 0.25) is 0 Å². The van der Waals surface area contributed by atoms with Crippen molar-refractivity contribution in [1.29, 1.82) is 0 Å². The van der Waals surface area contributed by atoms with Crippen molar-refractivity contribution >= 4 is 17.8 Å². The molecule has 0 unspecified atom stereocenters. The number of ether oxygens (including phenoxy) is 2. The van der Waals surface area contributed by atoms with Crippen molar-refractivity contribution in [3.63, 3.8) is 0 Å². The summed E-state index contributed by atoms with van der Waals surface area (Å²) in [7, 11) is 0. The van der Waals surface area contributed by atoms with Crippen LogP contribution in [0.5, 0.6) is 11.5 Å². The van der Waals surface area contributed by atoms with Gasteiger partial charge in [-0.05, 0) is 30.7 Å². The van der Waals surface area contributed by atoms with E-state index in [-0.39, 0.29) is 6.61 Å². The van der Waals surface area contributed by atoms with Gasteiger partial charge >= 0.3 is 5.97 Å². The number of carbonyl (C=O) groups excluding carboxylic acids is 1. The number of oxime groups is 1. The molecular formula is C21H17NO4. The van der Waals surface area contributed by atoms with E-state index in [1.807, 2.05) is 43.3 Å². The molecule has 1 aliphatic heterocycles. The van der Waals surface area contributed by atoms with Crippen LogP contribution in [-0.4, -0.2) is 24.9 Å². The Labute approximate surface area is 151 Å². The second-order valence-corrected chi connectivity index (χ2v) is 5.37. The number of hydrogen-bond acceptors (Lipinski definition) is 5. The second-order valence-electron chi connectivity index (χ2n) is 5.37. The molecule has 26 heavy (non-hydrogen) atoms. The van der Waals surface area contributed by atoms with Crippen LogP contribution < -0.4 is 9.47 Å². The zero-order valence-corrected chi connectivity index (χ0v) is 14.3. The summed E-state index contributed by atoms with van der Waals surface area (Å²) in [4.78, 5) is 17.0. The van der Waals surface area contributed by atoms with Gasteiger partial charge in [0.25, 0.3) is 0 Å². The summed E-state index contributed by atoms with van der Waals surface area (Å²) >= 11 is 0. The maximum absolute atomic E-state index is 12.1. The van der Waals surface area contributed by atoms with Gasteiger partial charge in [0, 0.05) is 5.56 Å². The van der Waals surface area contributed by atoms with Crippen LogP contribution in [0.15, 0.2) is 59.3 Å². The molecule has 1 heterocycles. The number of terminal acetylenes is 1. The summed E-state index contributed by atoms with van der Waals surface area (Å²) in [5.41, 5.74) is 2.46. The summed E-state index contributed by atoms with van der Waals surface area (Å²) in [5.74, 6) is 3.04. The molecule has 5 heteroatoms. The number of hydrogen-bond donors (Lipinski definition) is 0. The highest BCUT2D eigenvalue weighted by Crippen LogP contribution is 2.30. The molecule has 0 saturated heterocycles. The highest BCUT2D eigenvalue weighted by atomic mass is 16.7. The minimum atomic E-state index is -0.491. The first-order valence-corrected chi connectivity index (χ1v) is 8.13. The number of rotatable bonds is 6. The fourth-order valence-corrected chi connectivity index (χ4v) is 2.50. The highest BCUT2D eigenvalue weighted by molar-refractivity contribution is 6.31. The van der Waals surface area contributed by atoms with Gasteiger partial charge in [-0.1, -0.05) is 47.5 Å². The molecule has 0 spiro atoms. The molecule has 130 valence electrons. The van der Waals surface area contributed by atoms with E-state index in [4.69, 9.17) is 20.7 Å². The Morgan fingerprint density at radius 1 is 1.15 bits per heavy atom. The average Bonchev–Trinajstić information content (AvgIpc) is 3.02. The van der Waals surface area contributed by atoms with E-state index in [0.29, 0.717) is 29.4 Å². The summed E-state index contributed by atoms with van der Waals surface area (Å²) in [5, 5.41) is 3.90. The monoisotopic (exact) mass is 347 g/mol. The third kappa shape index (κ3) is 3.76. The van der Waals surface area contributed by atoms with Gasteiger partial charge < -0.3 is 14.3 Å². The Kier molecular flexibility index (Phi) is 5.35. The Morgan fingerprint density at radius 3 is 2.69 bits per heavy atom. The molecule has 2 aromatic rings. The van der Waals surface area contributed by atoms with Gasteiger partial charge in [-0.3, -0.25) is 0 Å². The molecule has 3 rings (SSSR count). The second kappa shape index (κ2) is 8.04. The first kappa shape index (κ1) is 17.3. The van der Waals surface area contributed by atoms with Gasteiger partial charge in [-0.25, -0.2) is 4.79 Å². The predicted molar refractivity (Wildman–Crippen MR) is 99.0 cm³/mol. The van der Waals surface area contributed by atoms with E-state index in [1.54, 1.807) is 18.2 Å². The SMILES string of the molecule is C#CCOc1ccc(C=C2C(=O)ON=C2c2ccccc2)cc1OCC. The molecule has 0 N–H and O–H groups in total. The lowest BCUT2D eigenvalue weighted by atomic mass is 10.0. The summed E-state index contributed by atoms with van der Waals surface area (Å²) in [6, 6.07) is 14.8. The van der Waals surface area contributed by atoms with Crippen LogP contribution in [-0.2, 0) is 9.63 Å². The molecular weight excluding hydrogens is 330 g/mol. The van der Waals surface area contributed by atoms with Crippen LogP contribution in [0.1, 0.15) is 18.1 Å². The lowest BCUT2D eigenvalue weighted by molar-refractivity contribution is -0.136. The molecule has 0 atom stereocenters. The zero-order valence-electron chi connectivity index (χ0n) is 14.3. The van der Waals surface area contributed by atoms with Crippen molar-refractivity contribution in [2.45, 2.75) is 6.92 Å². The van der Waals surface area contributed by atoms with Crippen molar-refractivity contribution < 1.29 is 19.1 Å². The van der Waals surface area contributed by atoms with Crippen molar-refractivity contribution in [3.05, 3.63) is 65.2 Å². The van der Waals surface area contributed by atoms with Crippen molar-refractivity contribution in [1.82, 2.24) is 0 Å². The van der Waals surface area contributed by atoms with E-state index >= 15 is 0 Å². The molecule has 0 fully saturated rings. The van der Waals surface area contributed by atoms with E-state index in [0.717, 1.165) is 11.1 Å². The Morgan fingerprint density at radius 2 is 1.96 bits per heavy atom. The number of benzene rings is 2. The molecule has 0 aromatic heterocycles. The molecule has 0 bridgehead atoms. The topological polar surface area (TPSA) is 57.1 Å². The molecule has 0 radical (unpaired) electrons. The van der Waals surface area contributed by atoms with Crippen molar-refractivity contribution in [2.24, 2.45) is 5.16 Å². The lowest BCUT2D eigenvalue weighted by Gasteiger charge is -2.11. The minimum absolute atomic E-state index is 0.150. The lowest BCUT2D eigenvalue weighted by Crippen LogP contribution is -2.06. The van der Waals surface area contributed by atoms with Crippen LogP contribution in [0.4, 0.5) is 0 Å². The minimum Gasteiger partial charge on any atom is -0.490 e. The number of nitrogens with zero attached hydrogens (tertiary/aromatic N) is 1. The standard InChI is InChI=1S/C21H17NO4/c1-3-12-25-18-11-10-15(14-19(18)24-4-2)13-17-20(22-26-21(17)23)16-8-6-5-7-9-16/h1,5-11,13-14H,4,12H2,2H3. The normalized spacial score (nSPS) is 14.5. The molecule has 0 saturated carbocycles. The van der Waals surface area contributed by atoms with Crippen molar-refractivity contribution in [2.75, 3.05) is 13.2 Å². The van der Waals surface area contributed by atoms with Crippen LogP contribution in [0.25, 0.3) is 6.08 Å². The first-order chi connectivity index (χ1) is 12.7. The van der Waals surface area contributed by atoms with E-state index in [9.17, 15) is 4.79 Å². The number of carbonyl (C=O) groups is 1. The maximum atomic E-state index is 12.1. The van der Waals surface area contributed by atoms with Gasteiger partial charge in [0.05, 0.1) is 12.2 Å². The van der Waals surface area contributed by atoms with Crippen LogP contribution in [0, 0.1) is 12.3 Å². The van der Waals surface area contributed by atoms with E-state index < -0.39 is 5.97 Å². The summed E-state index contributed by atoms with van der Waals surface area (Å²) < 4.78 is 11.1. The zero-order chi connectivity index (χ0) is 18.4. The molecule has 5 nitrogen and oxygen atoms in total. The Hall–Kier alpha value is -3.52. The molecule has 0 aliphatic carbocycles. The van der Waals surface area contributed by atoms with Crippen LogP contribution in [0.3, 0.4) is 0 Å². The average molecular weight is 347 g/mol. The summed E-state index contributed by atoms with van der Waals surface area (Å²) in [6.45, 7) is 2.51. The highest BCUT2D eigenvalue weighted by Gasteiger charge is 2.26. The predicted octanol–water partition coefficient (Wildman–Crippen LogP) is 3.44.